The highest BCUT2D eigenvalue weighted by molar-refractivity contribution is 6.33. The molecule has 0 radical (unpaired) electrons. The Labute approximate surface area is 109 Å². The normalized spacial score (nSPS) is 10.9. The number of ether oxygens (including phenoxy) is 1. The maximum atomic E-state index is 11.3. The van der Waals surface area contributed by atoms with E-state index in [4.69, 9.17) is 28.8 Å². The van der Waals surface area contributed by atoms with Gasteiger partial charge in [-0.2, -0.15) is 0 Å². The van der Waals surface area contributed by atoms with Gasteiger partial charge in [0.2, 0.25) is 0 Å². The lowest BCUT2D eigenvalue weighted by Crippen LogP contribution is -2.22. The minimum Gasteiger partial charge on any atom is -0.465 e. The minimum absolute atomic E-state index is 0.102. The number of halogens is 1. The van der Waals surface area contributed by atoms with Gasteiger partial charge in [0.25, 0.3) is 0 Å². The third-order valence-corrected chi connectivity index (χ3v) is 2.37. The molecule has 96 valence electrons. The van der Waals surface area contributed by atoms with Crippen LogP contribution in [0.1, 0.15) is 15.9 Å². The Balaban J connectivity index is 3.08. The number of hydrogen-bond acceptors (Lipinski definition) is 4. The lowest BCUT2D eigenvalue weighted by Gasteiger charge is -2.05. The molecule has 0 aliphatic rings. The average molecular weight is 269 g/mol. The van der Waals surface area contributed by atoms with Gasteiger partial charge in [0.15, 0.2) is 5.96 Å². The SMILES string of the molecule is COC(=O)c1ccc(/C(N)=C/N=C(N)N)cc1Cl. The molecule has 0 unspecified atom stereocenters. The van der Waals surface area contributed by atoms with E-state index in [-0.39, 0.29) is 16.5 Å². The summed E-state index contributed by atoms with van der Waals surface area (Å²) >= 11 is 5.94. The van der Waals surface area contributed by atoms with Gasteiger partial charge >= 0.3 is 5.97 Å². The molecule has 7 heteroatoms. The summed E-state index contributed by atoms with van der Waals surface area (Å²) in [6, 6.07) is 4.66. The summed E-state index contributed by atoms with van der Waals surface area (Å²) in [5.74, 6) is -0.617. The van der Waals surface area contributed by atoms with Crippen molar-refractivity contribution in [1.29, 1.82) is 0 Å². The molecule has 0 bridgehead atoms. The quantitative estimate of drug-likeness (QED) is 0.423. The second-order valence-electron chi connectivity index (χ2n) is 3.32. The van der Waals surface area contributed by atoms with Crippen LogP contribution >= 0.6 is 11.6 Å². The molecule has 0 aliphatic heterocycles. The van der Waals surface area contributed by atoms with Crippen molar-refractivity contribution in [2.45, 2.75) is 0 Å². The molecular weight excluding hydrogens is 256 g/mol. The van der Waals surface area contributed by atoms with Crippen LogP contribution in [0.5, 0.6) is 0 Å². The zero-order valence-electron chi connectivity index (χ0n) is 9.68. The molecule has 0 saturated carbocycles. The number of esters is 1. The molecule has 0 heterocycles. The molecular formula is C11H13ClN4O2. The number of nitrogens with two attached hydrogens (primary N) is 3. The number of rotatable bonds is 3. The topological polar surface area (TPSA) is 117 Å². The van der Waals surface area contributed by atoms with Crippen LogP contribution in [0.2, 0.25) is 5.02 Å². The van der Waals surface area contributed by atoms with Crippen LogP contribution in [0, 0.1) is 0 Å². The van der Waals surface area contributed by atoms with Gasteiger partial charge < -0.3 is 21.9 Å². The molecule has 6 N–H and O–H groups in total. The Morgan fingerprint density at radius 1 is 1.39 bits per heavy atom. The van der Waals surface area contributed by atoms with Crippen LogP contribution < -0.4 is 17.2 Å². The maximum absolute atomic E-state index is 11.3. The van der Waals surface area contributed by atoms with E-state index in [2.05, 4.69) is 9.73 Å². The Kier molecular flexibility index (Phi) is 4.56. The van der Waals surface area contributed by atoms with Gasteiger partial charge in [0.1, 0.15) is 0 Å². The molecule has 18 heavy (non-hydrogen) atoms. The number of carbonyl (C=O) groups is 1. The number of nitrogens with zero attached hydrogens (tertiary/aromatic N) is 1. The fourth-order valence-corrected chi connectivity index (χ4v) is 1.45. The number of benzene rings is 1. The summed E-state index contributed by atoms with van der Waals surface area (Å²) in [6.45, 7) is 0. The van der Waals surface area contributed by atoms with Crippen LogP contribution in [0.3, 0.4) is 0 Å². The molecule has 6 nitrogen and oxygen atoms in total. The highest BCUT2D eigenvalue weighted by Crippen LogP contribution is 2.21. The summed E-state index contributed by atoms with van der Waals surface area (Å²) in [5.41, 5.74) is 17.3. The van der Waals surface area contributed by atoms with Crippen LogP contribution in [0.25, 0.3) is 5.70 Å². The van der Waals surface area contributed by atoms with Gasteiger partial charge in [-0.05, 0) is 12.1 Å². The van der Waals surface area contributed by atoms with Crippen molar-refractivity contribution in [2.75, 3.05) is 7.11 Å². The van der Waals surface area contributed by atoms with Crippen LogP contribution in [0.15, 0.2) is 29.4 Å². The lowest BCUT2D eigenvalue weighted by atomic mass is 10.1. The van der Waals surface area contributed by atoms with Crippen molar-refractivity contribution in [1.82, 2.24) is 0 Å². The van der Waals surface area contributed by atoms with Gasteiger partial charge in [-0.15, -0.1) is 0 Å². The molecule has 1 rings (SSSR count). The van der Waals surface area contributed by atoms with Crippen LogP contribution in [-0.2, 0) is 4.74 Å². The van der Waals surface area contributed by atoms with E-state index < -0.39 is 5.97 Å². The molecule has 0 fully saturated rings. The van der Waals surface area contributed by atoms with E-state index in [9.17, 15) is 4.79 Å². The highest BCUT2D eigenvalue weighted by Gasteiger charge is 2.11. The predicted molar refractivity (Wildman–Crippen MR) is 70.8 cm³/mol. The third kappa shape index (κ3) is 3.39. The first-order valence-electron chi connectivity index (χ1n) is 4.88. The third-order valence-electron chi connectivity index (χ3n) is 2.06. The zero-order chi connectivity index (χ0) is 13.7. The van der Waals surface area contributed by atoms with Gasteiger partial charge in [0, 0.05) is 5.56 Å². The van der Waals surface area contributed by atoms with Gasteiger partial charge in [0.05, 0.1) is 29.6 Å². The van der Waals surface area contributed by atoms with E-state index in [1.165, 1.54) is 25.4 Å². The predicted octanol–water partition coefficient (Wildman–Crippen LogP) is 0.657. The number of hydrogen-bond donors (Lipinski definition) is 3. The monoisotopic (exact) mass is 268 g/mol. The number of guanidine groups is 1. The number of carbonyl (C=O) groups excluding carboxylic acids is 1. The van der Waals surface area contributed by atoms with Crippen molar-refractivity contribution < 1.29 is 9.53 Å². The van der Waals surface area contributed by atoms with E-state index in [0.29, 0.717) is 11.3 Å². The van der Waals surface area contributed by atoms with E-state index in [0.717, 1.165) is 0 Å². The second-order valence-corrected chi connectivity index (χ2v) is 3.73. The van der Waals surface area contributed by atoms with Gasteiger partial charge in [-0.25, -0.2) is 9.79 Å². The first-order chi connectivity index (χ1) is 8.45. The molecule has 0 aliphatic carbocycles. The fourth-order valence-electron chi connectivity index (χ4n) is 1.19. The number of methoxy groups -OCH3 is 1. The Morgan fingerprint density at radius 3 is 2.56 bits per heavy atom. The zero-order valence-corrected chi connectivity index (χ0v) is 10.4. The molecule has 0 atom stereocenters. The smallest absolute Gasteiger partial charge is 0.339 e. The summed E-state index contributed by atoms with van der Waals surface area (Å²) in [6.07, 6.45) is 1.30. The fraction of sp³-hybridized carbons (Fsp3) is 0.0909. The van der Waals surface area contributed by atoms with E-state index in [1.54, 1.807) is 6.07 Å². The standard InChI is InChI=1S/C11H13ClN4O2/c1-18-10(17)7-3-2-6(4-8(7)12)9(13)5-16-11(14)15/h2-5H,13H2,1H3,(H4,14,15,16)/b9-5-. The highest BCUT2D eigenvalue weighted by atomic mass is 35.5. The largest absolute Gasteiger partial charge is 0.465 e. The molecule has 0 aromatic heterocycles. The minimum atomic E-state index is -0.515. The molecule has 1 aromatic rings. The molecule has 1 aromatic carbocycles. The Hall–Kier alpha value is -2.21. The number of aliphatic imine (C=N–C) groups is 1. The van der Waals surface area contributed by atoms with E-state index >= 15 is 0 Å². The van der Waals surface area contributed by atoms with Crippen molar-refractivity contribution in [2.24, 2.45) is 22.2 Å². The van der Waals surface area contributed by atoms with Crippen LogP contribution in [0.4, 0.5) is 0 Å². The van der Waals surface area contributed by atoms with Crippen molar-refractivity contribution in [3.05, 3.63) is 40.5 Å². The van der Waals surface area contributed by atoms with Gasteiger partial charge in [-0.1, -0.05) is 17.7 Å². The van der Waals surface area contributed by atoms with E-state index in [1.807, 2.05) is 0 Å². The summed E-state index contributed by atoms with van der Waals surface area (Å²) in [7, 11) is 1.28. The Morgan fingerprint density at radius 2 is 2.06 bits per heavy atom. The first kappa shape index (κ1) is 13.9. The summed E-state index contributed by atoms with van der Waals surface area (Å²) in [4.78, 5) is 15.0. The molecule has 0 amide bonds. The summed E-state index contributed by atoms with van der Waals surface area (Å²) in [5, 5.41) is 0.236. The average Bonchev–Trinajstić information content (AvgIpc) is 2.34. The molecule has 0 saturated heterocycles. The maximum Gasteiger partial charge on any atom is 0.339 e. The first-order valence-corrected chi connectivity index (χ1v) is 5.26. The molecule has 0 spiro atoms. The lowest BCUT2D eigenvalue weighted by molar-refractivity contribution is 0.0601. The van der Waals surface area contributed by atoms with Crippen LogP contribution in [-0.4, -0.2) is 19.0 Å². The van der Waals surface area contributed by atoms with Crippen molar-refractivity contribution in [3.8, 4) is 0 Å². The van der Waals surface area contributed by atoms with Crippen molar-refractivity contribution in [3.63, 3.8) is 0 Å². The van der Waals surface area contributed by atoms with Gasteiger partial charge in [-0.3, -0.25) is 0 Å². The summed E-state index contributed by atoms with van der Waals surface area (Å²) < 4.78 is 4.57. The Bertz CT molecular complexity index is 522. The second kappa shape index (κ2) is 5.92. The van der Waals surface area contributed by atoms with Crippen molar-refractivity contribution >= 4 is 29.2 Å².